The van der Waals surface area contributed by atoms with Crippen molar-refractivity contribution in [2.75, 3.05) is 26.2 Å². The summed E-state index contributed by atoms with van der Waals surface area (Å²) in [6.07, 6.45) is 2.11. The lowest BCUT2D eigenvalue weighted by Crippen LogP contribution is -2.38. The lowest BCUT2D eigenvalue weighted by molar-refractivity contribution is 0.163. The van der Waals surface area contributed by atoms with Crippen LogP contribution in [0.4, 0.5) is 0 Å². The molecule has 0 aliphatic carbocycles. The Balaban J connectivity index is 2.29. The third-order valence-corrected chi connectivity index (χ3v) is 3.46. The highest BCUT2D eigenvalue weighted by atomic mass is 32.1. The molecule has 1 atom stereocenters. The average molecular weight is 230 g/mol. The fourth-order valence-corrected chi connectivity index (χ4v) is 2.28. The van der Waals surface area contributed by atoms with Crippen LogP contribution in [-0.2, 0) is 0 Å². The van der Waals surface area contributed by atoms with Crippen LogP contribution in [0.15, 0.2) is 0 Å². The van der Waals surface area contributed by atoms with Gasteiger partial charge >= 0.3 is 0 Å². The first-order chi connectivity index (χ1) is 7.15. The molecule has 0 spiro atoms. The van der Waals surface area contributed by atoms with Gasteiger partial charge in [0.1, 0.15) is 0 Å². The van der Waals surface area contributed by atoms with E-state index in [2.05, 4.69) is 24.1 Å². The van der Waals surface area contributed by atoms with E-state index in [1.54, 1.807) is 0 Å². The van der Waals surface area contributed by atoms with Crippen molar-refractivity contribution < 1.29 is 5.11 Å². The molecule has 0 aromatic carbocycles. The van der Waals surface area contributed by atoms with E-state index in [-0.39, 0.29) is 6.61 Å². The van der Waals surface area contributed by atoms with Crippen LogP contribution in [-0.4, -0.2) is 53.2 Å². The normalized spacial score (nSPS) is 21.9. The Morgan fingerprint density at radius 1 is 1.53 bits per heavy atom. The summed E-state index contributed by atoms with van der Waals surface area (Å²) in [6.45, 7) is 7.37. The largest absolute Gasteiger partial charge is 0.395 e. The van der Waals surface area contributed by atoms with Crippen LogP contribution in [0.1, 0.15) is 26.7 Å². The van der Waals surface area contributed by atoms with Crippen molar-refractivity contribution in [1.29, 1.82) is 0 Å². The molecule has 0 saturated carbocycles. The van der Waals surface area contributed by atoms with Gasteiger partial charge < -0.3 is 10.4 Å². The zero-order valence-electron chi connectivity index (χ0n) is 9.70. The predicted molar refractivity (Wildman–Crippen MR) is 67.4 cm³/mol. The van der Waals surface area contributed by atoms with E-state index in [1.807, 2.05) is 0 Å². The molecule has 1 unspecified atom stereocenters. The van der Waals surface area contributed by atoms with E-state index in [1.165, 1.54) is 4.86 Å². The summed E-state index contributed by atoms with van der Waals surface area (Å²) in [5.41, 5.74) is 0. The van der Waals surface area contributed by atoms with E-state index >= 15 is 0 Å². The smallest absolute Gasteiger partial charge is 0.0558 e. The quantitative estimate of drug-likeness (QED) is 0.662. The second-order valence-corrected chi connectivity index (χ2v) is 4.89. The van der Waals surface area contributed by atoms with Gasteiger partial charge in [-0.05, 0) is 26.7 Å². The topological polar surface area (TPSA) is 35.5 Å². The van der Waals surface area contributed by atoms with Crippen molar-refractivity contribution >= 4 is 17.1 Å². The van der Waals surface area contributed by atoms with Crippen molar-refractivity contribution in [2.24, 2.45) is 0 Å². The number of rotatable bonds is 6. The first-order valence-corrected chi connectivity index (χ1v) is 6.17. The average Bonchev–Trinajstić information content (AvgIpc) is 2.58. The molecule has 0 radical (unpaired) electrons. The summed E-state index contributed by atoms with van der Waals surface area (Å²) in [4.78, 5) is 3.46. The highest BCUT2D eigenvalue weighted by Gasteiger charge is 2.20. The fourth-order valence-electron chi connectivity index (χ4n) is 1.97. The minimum atomic E-state index is 0.237. The summed E-state index contributed by atoms with van der Waals surface area (Å²) in [5, 5.41) is 12.4. The Morgan fingerprint density at radius 3 is 2.73 bits per heavy atom. The summed E-state index contributed by atoms with van der Waals surface area (Å²) in [5.74, 6) is 0. The minimum Gasteiger partial charge on any atom is -0.395 e. The number of aliphatic hydroxyl groups excluding tert-OH is 1. The van der Waals surface area contributed by atoms with Crippen LogP contribution < -0.4 is 5.32 Å². The Morgan fingerprint density at radius 2 is 2.27 bits per heavy atom. The second kappa shape index (κ2) is 6.53. The third kappa shape index (κ3) is 4.15. The first kappa shape index (κ1) is 13.0. The van der Waals surface area contributed by atoms with E-state index in [0.29, 0.717) is 12.1 Å². The van der Waals surface area contributed by atoms with Crippen molar-refractivity contribution in [1.82, 2.24) is 10.2 Å². The van der Waals surface area contributed by atoms with Gasteiger partial charge in [0, 0.05) is 36.6 Å². The SMILES string of the molecule is CC(C)N(CCO)CCC1NCCC1=S. The van der Waals surface area contributed by atoms with Crippen molar-refractivity contribution in [3.63, 3.8) is 0 Å². The number of nitrogens with zero attached hydrogens (tertiary/aromatic N) is 1. The number of hydrogen-bond donors (Lipinski definition) is 2. The van der Waals surface area contributed by atoms with E-state index in [9.17, 15) is 0 Å². The molecule has 1 heterocycles. The second-order valence-electron chi connectivity index (χ2n) is 4.37. The zero-order chi connectivity index (χ0) is 11.3. The van der Waals surface area contributed by atoms with Gasteiger partial charge in [0.05, 0.1) is 6.61 Å². The van der Waals surface area contributed by atoms with Gasteiger partial charge in [-0.25, -0.2) is 0 Å². The van der Waals surface area contributed by atoms with Crippen molar-refractivity contribution in [2.45, 2.75) is 38.8 Å². The van der Waals surface area contributed by atoms with E-state index in [4.69, 9.17) is 17.3 Å². The van der Waals surface area contributed by atoms with Crippen LogP contribution in [0.25, 0.3) is 0 Å². The molecular formula is C11H22N2OS. The Kier molecular flexibility index (Phi) is 5.68. The Labute approximate surface area is 97.8 Å². The number of thiocarbonyl (C=S) groups is 1. The molecule has 0 bridgehead atoms. The molecule has 15 heavy (non-hydrogen) atoms. The molecule has 2 N–H and O–H groups in total. The molecule has 88 valence electrons. The van der Waals surface area contributed by atoms with E-state index in [0.717, 1.165) is 32.5 Å². The lowest BCUT2D eigenvalue weighted by Gasteiger charge is -2.26. The van der Waals surface area contributed by atoms with Crippen molar-refractivity contribution in [3.8, 4) is 0 Å². The van der Waals surface area contributed by atoms with Crippen LogP contribution in [0.2, 0.25) is 0 Å². The molecular weight excluding hydrogens is 208 g/mol. The van der Waals surface area contributed by atoms with Gasteiger partial charge in [-0.2, -0.15) is 0 Å². The standard InChI is InChI=1S/C11H22N2OS/c1-9(2)13(7-8-14)6-4-10-11(15)3-5-12-10/h9-10,12,14H,3-8H2,1-2H3. The third-order valence-electron chi connectivity index (χ3n) is 2.97. The number of nitrogens with one attached hydrogen (secondary N) is 1. The molecule has 1 aliphatic rings. The lowest BCUT2D eigenvalue weighted by atomic mass is 10.1. The Hall–Kier alpha value is -0.0300. The molecule has 0 aromatic rings. The van der Waals surface area contributed by atoms with Crippen LogP contribution in [0, 0.1) is 0 Å². The van der Waals surface area contributed by atoms with Gasteiger partial charge in [0.25, 0.3) is 0 Å². The monoisotopic (exact) mass is 230 g/mol. The highest BCUT2D eigenvalue weighted by molar-refractivity contribution is 7.80. The molecule has 1 rings (SSSR count). The van der Waals surface area contributed by atoms with E-state index < -0.39 is 0 Å². The molecule has 0 amide bonds. The summed E-state index contributed by atoms with van der Waals surface area (Å²) < 4.78 is 0. The molecule has 1 aliphatic heterocycles. The molecule has 4 heteroatoms. The Bertz CT molecular complexity index is 209. The first-order valence-electron chi connectivity index (χ1n) is 5.76. The summed E-state index contributed by atoms with van der Waals surface area (Å²) in [7, 11) is 0. The summed E-state index contributed by atoms with van der Waals surface area (Å²) >= 11 is 5.29. The van der Waals surface area contributed by atoms with Crippen LogP contribution in [0.3, 0.4) is 0 Å². The maximum atomic E-state index is 8.95. The van der Waals surface area contributed by atoms with Gasteiger partial charge in [0.15, 0.2) is 0 Å². The van der Waals surface area contributed by atoms with Gasteiger partial charge in [-0.15, -0.1) is 0 Å². The molecule has 3 nitrogen and oxygen atoms in total. The number of hydrogen-bond acceptors (Lipinski definition) is 4. The van der Waals surface area contributed by atoms with Crippen molar-refractivity contribution in [3.05, 3.63) is 0 Å². The molecule has 0 aromatic heterocycles. The predicted octanol–water partition coefficient (Wildman–Crippen LogP) is 0.811. The van der Waals surface area contributed by atoms with Crippen LogP contribution in [0.5, 0.6) is 0 Å². The van der Waals surface area contributed by atoms with Gasteiger partial charge in [0.2, 0.25) is 0 Å². The molecule has 1 saturated heterocycles. The zero-order valence-corrected chi connectivity index (χ0v) is 10.5. The summed E-state index contributed by atoms with van der Waals surface area (Å²) in [6, 6.07) is 0.909. The highest BCUT2D eigenvalue weighted by Crippen LogP contribution is 2.09. The fraction of sp³-hybridized carbons (Fsp3) is 0.909. The maximum absolute atomic E-state index is 8.95. The maximum Gasteiger partial charge on any atom is 0.0558 e. The van der Waals surface area contributed by atoms with Gasteiger partial charge in [-0.1, -0.05) is 12.2 Å². The minimum absolute atomic E-state index is 0.237. The molecule has 1 fully saturated rings. The number of aliphatic hydroxyl groups is 1. The van der Waals surface area contributed by atoms with Gasteiger partial charge in [-0.3, -0.25) is 4.90 Å². The van der Waals surface area contributed by atoms with Crippen LogP contribution >= 0.6 is 12.2 Å².